The van der Waals surface area contributed by atoms with E-state index in [4.69, 9.17) is 15.0 Å². The highest BCUT2D eigenvalue weighted by atomic mass is 32.2. The third kappa shape index (κ3) is 5.72. The van der Waals surface area contributed by atoms with Crippen LogP contribution in [0.15, 0.2) is 204 Å². The lowest BCUT2D eigenvalue weighted by atomic mass is 9.94. The molecule has 10 rings (SSSR count). The van der Waals surface area contributed by atoms with Crippen LogP contribution in [0.3, 0.4) is 0 Å². The molecule has 4 nitrogen and oxygen atoms in total. The van der Waals surface area contributed by atoms with Crippen LogP contribution in [-0.2, 0) is 0 Å². The van der Waals surface area contributed by atoms with E-state index in [1.165, 1.54) is 37.4 Å². The minimum absolute atomic E-state index is 0.655. The minimum atomic E-state index is 0.655. The standard InChI is InChI=1S/C49H32N4S/c1-5-15-33(16-6-1)34-27-29-38(30-28-34)53(37-21-11-4-12-22-37)43-26-14-25-41-39-23-13-24-40-42(31-32-44(45(39)40)54-46(41)43)49-51-47(35-17-7-2-8-18-35)50-48(52-49)36-19-9-3-10-20-36/h1-32H. The summed E-state index contributed by atoms with van der Waals surface area (Å²) in [4.78, 5) is 19.9. The van der Waals surface area contributed by atoms with Crippen molar-refractivity contribution in [3.8, 4) is 56.4 Å². The van der Waals surface area contributed by atoms with Gasteiger partial charge in [-0.1, -0.05) is 163 Å². The maximum Gasteiger partial charge on any atom is 0.164 e. The summed E-state index contributed by atoms with van der Waals surface area (Å²) in [5.41, 5.74) is 11.1. The molecule has 5 heteroatoms. The summed E-state index contributed by atoms with van der Waals surface area (Å²) < 4.78 is 0. The van der Waals surface area contributed by atoms with Crippen molar-refractivity contribution in [2.45, 2.75) is 9.79 Å². The van der Waals surface area contributed by atoms with Crippen LogP contribution in [0.25, 0.3) is 67.2 Å². The Morgan fingerprint density at radius 3 is 1.52 bits per heavy atom. The second kappa shape index (κ2) is 13.6. The maximum absolute atomic E-state index is 5.09. The van der Waals surface area contributed by atoms with Crippen molar-refractivity contribution >= 4 is 39.6 Å². The van der Waals surface area contributed by atoms with Crippen molar-refractivity contribution in [1.29, 1.82) is 0 Å². The molecule has 0 saturated carbocycles. The first-order valence-electron chi connectivity index (χ1n) is 18.0. The van der Waals surface area contributed by atoms with Crippen LogP contribution in [0, 0.1) is 0 Å². The molecule has 254 valence electrons. The second-order valence-corrected chi connectivity index (χ2v) is 14.3. The molecule has 0 unspecified atom stereocenters. The molecule has 0 atom stereocenters. The van der Waals surface area contributed by atoms with Crippen LogP contribution in [0.2, 0.25) is 0 Å². The molecule has 1 aliphatic heterocycles. The third-order valence-electron chi connectivity index (χ3n) is 9.93. The highest BCUT2D eigenvalue weighted by Crippen LogP contribution is 2.54. The number of hydrogen-bond donors (Lipinski definition) is 0. The van der Waals surface area contributed by atoms with E-state index < -0.39 is 0 Å². The molecular weight excluding hydrogens is 677 g/mol. The van der Waals surface area contributed by atoms with Crippen LogP contribution in [0.5, 0.6) is 0 Å². The molecule has 2 heterocycles. The van der Waals surface area contributed by atoms with Gasteiger partial charge in [-0.05, 0) is 70.1 Å². The Hall–Kier alpha value is -6.82. The average molecular weight is 709 g/mol. The van der Waals surface area contributed by atoms with Crippen LogP contribution >= 0.6 is 11.8 Å². The van der Waals surface area contributed by atoms with Gasteiger partial charge in [-0.25, -0.2) is 15.0 Å². The molecule has 0 bridgehead atoms. The molecule has 9 aromatic rings. The van der Waals surface area contributed by atoms with Gasteiger partial charge in [-0.2, -0.15) is 0 Å². The summed E-state index contributed by atoms with van der Waals surface area (Å²) in [6, 6.07) is 68.1. The van der Waals surface area contributed by atoms with E-state index in [9.17, 15) is 0 Å². The molecular formula is C49H32N4S. The molecule has 0 N–H and O–H groups in total. The molecule has 0 fully saturated rings. The van der Waals surface area contributed by atoms with Gasteiger partial charge in [0.15, 0.2) is 17.5 Å². The Bertz CT molecular complexity index is 2710. The Morgan fingerprint density at radius 1 is 0.352 bits per heavy atom. The summed E-state index contributed by atoms with van der Waals surface area (Å²) in [7, 11) is 0. The summed E-state index contributed by atoms with van der Waals surface area (Å²) in [5, 5.41) is 2.33. The van der Waals surface area contributed by atoms with E-state index in [0.717, 1.165) is 39.1 Å². The van der Waals surface area contributed by atoms with E-state index in [1.54, 1.807) is 0 Å². The van der Waals surface area contributed by atoms with Crippen LogP contribution in [-0.4, -0.2) is 15.0 Å². The van der Waals surface area contributed by atoms with Crippen molar-refractivity contribution < 1.29 is 0 Å². The van der Waals surface area contributed by atoms with Gasteiger partial charge in [0.25, 0.3) is 0 Å². The topological polar surface area (TPSA) is 41.9 Å². The van der Waals surface area contributed by atoms with Crippen LogP contribution in [0.4, 0.5) is 17.1 Å². The summed E-state index contributed by atoms with van der Waals surface area (Å²) >= 11 is 1.83. The molecule has 0 amide bonds. The monoisotopic (exact) mass is 708 g/mol. The first-order chi connectivity index (χ1) is 26.8. The Morgan fingerprint density at radius 2 is 0.870 bits per heavy atom. The first kappa shape index (κ1) is 31.9. The molecule has 1 aromatic heterocycles. The van der Waals surface area contributed by atoms with Gasteiger partial charge in [0.1, 0.15) is 0 Å². The van der Waals surface area contributed by atoms with Gasteiger partial charge < -0.3 is 4.90 Å². The molecule has 0 aliphatic carbocycles. The molecule has 0 radical (unpaired) electrons. The SMILES string of the molecule is c1ccc(-c2ccc(N(c3ccccc3)c3cccc4c3Sc3ccc(-c5nc(-c6ccccc6)nc(-c6ccccc6)n5)c5cccc-4c35)cc2)cc1. The van der Waals surface area contributed by atoms with Crippen molar-refractivity contribution in [3.05, 3.63) is 194 Å². The molecule has 54 heavy (non-hydrogen) atoms. The van der Waals surface area contributed by atoms with Crippen molar-refractivity contribution in [1.82, 2.24) is 15.0 Å². The van der Waals surface area contributed by atoms with E-state index in [1.807, 2.05) is 72.4 Å². The highest BCUT2D eigenvalue weighted by molar-refractivity contribution is 8.00. The summed E-state index contributed by atoms with van der Waals surface area (Å²) in [6.07, 6.45) is 0. The van der Waals surface area contributed by atoms with Crippen LogP contribution < -0.4 is 4.90 Å². The smallest absolute Gasteiger partial charge is 0.164 e. The number of rotatable bonds is 7. The quantitative estimate of drug-likeness (QED) is 0.165. The summed E-state index contributed by atoms with van der Waals surface area (Å²) in [5.74, 6) is 1.97. The zero-order valence-electron chi connectivity index (χ0n) is 29.2. The summed E-state index contributed by atoms with van der Waals surface area (Å²) in [6.45, 7) is 0. The fraction of sp³-hybridized carbons (Fsp3) is 0. The molecule has 0 saturated heterocycles. The molecule has 0 spiro atoms. The van der Waals surface area contributed by atoms with Gasteiger partial charge in [-0.15, -0.1) is 0 Å². The predicted molar refractivity (Wildman–Crippen MR) is 223 cm³/mol. The van der Waals surface area contributed by atoms with E-state index in [-0.39, 0.29) is 0 Å². The van der Waals surface area contributed by atoms with Gasteiger partial charge in [0.05, 0.1) is 5.69 Å². The normalized spacial score (nSPS) is 11.6. The average Bonchev–Trinajstić information content (AvgIpc) is 3.25. The van der Waals surface area contributed by atoms with E-state index >= 15 is 0 Å². The number of benzene rings is 8. The first-order valence-corrected chi connectivity index (χ1v) is 18.9. The Labute approximate surface area is 318 Å². The number of nitrogens with zero attached hydrogens (tertiary/aromatic N) is 4. The lowest BCUT2D eigenvalue weighted by molar-refractivity contribution is 1.08. The zero-order chi connectivity index (χ0) is 35.8. The van der Waals surface area contributed by atoms with Gasteiger partial charge in [0, 0.05) is 43.2 Å². The zero-order valence-corrected chi connectivity index (χ0v) is 30.0. The third-order valence-corrected chi connectivity index (χ3v) is 11.1. The fourth-order valence-electron chi connectivity index (χ4n) is 7.38. The molecule has 8 aromatic carbocycles. The minimum Gasteiger partial charge on any atom is -0.309 e. The highest BCUT2D eigenvalue weighted by Gasteiger charge is 2.27. The number of aromatic nitrogens is 3. The van der Waals surface area contributed by atoms with Crippen molar-refractivity contribution in [2.75, 3.05) is 4.90 Å². The number of para-hydroxylation sites is 1. The maximum atomic E-state index is 5.09. The number of fused-ring (bicyclic) bond motifs is 2. The van der Waals surface area contributed by atoms with Gasteiger partial charge >= 0.3 is 0 Å². The van der Waals surface area contributed by atoms with Crippen molar-refractivity contribution in [2.24, 2.45) is 0 Å². The Balaban J connectivity index is 1.12. The van der Waals surface area contributed by atoms with E-state index in [2.05, 4.69) is 138 Å². The largest absolute Gasteiger partial charge is 0.309 e. The van der Waals surface area contributed by atoms with Gasteiger partial charge in [0.2, 0.25) is 0 Å². The number of anilines is 3. The second-order valence-electron chi connectivity index (χ2n) is 13.2. The lowest BCUT2D eigenvalue weighted by Gasteiger charge is -2.31. The van der Waals surface area contributed by atoms with Gasteiger partial charge in [-0.3, -0.25) is 0 Å². The van der Waals surface area contributed by atoms with Crippen molar-refractivity contribution in [3.63, 3.8) is 0 Å². The lowest BCUT2D eigenvalue weighted by Crippen LogP contribution is -2.12. The Kier molecular flexibility index (Phi) is 8.04. The van der Waals surface area contributed by atoms with Crippen LogP contribution in [0.1, 0.15) is 0 Å². The predicted octanol–water partition coefficient (Wildman–Crippen LogP) is 13.3. The molecule has 1 aliphatic rings. The van der Waals surface area contributed by atoms with E-state index in [0.29, 0.717) is 17.5 Å². The fourth-order valence-corrected chi connectivity index (χ4v) is 8.61. The number of hydrogen-bond acceptors (Lipinski definition) is 5.